The van der Waals surface area contributed by atoms with E-state index in [2.05, 4.69) is 23.2 Å². The minimum Gasteiger partial charge on any atom is -0.221 e. The molecular formula is C8H9N3. The summed E-state index contributed by atoms with van der Waals surface area (Å²) >= 11 is 0. The largest absolute Gasteiger partial charge is 0.221 e. The van der Waals surface area contributed by atoms with Gasteiger partial charge in [0, 0.05) is 6.20 Å². The lowest BCUT2D eigenvalue weighted by Crippen LogP contribution is -1.90. The molecule has 0 bridgehead atoms. The number of nitrogens with zero attached hydrogens (tertiary/aromatic N) is 3. The Hall–Kier alpha value is -1.64. The summed E-state index contributed by atoms with van der Waals surface area (Å²) in [6, 6.07) is 0. The average Bonchev–Trinajstić information content (AvgIpc) is 2.47. The van der Waals surface area contributed by atoms with Crippen LogP contribution in [0.3, 0.4) is 0 Å². The first-order valence-electron chi connectivity index (χ1n) is 3.19. The SMILES string of the molecule is C=C/C=C\n1ncnc1C=C. The highest BCUT2D eigenvalue weighted by molar-refractivity contribution is 5.41. The van der Waals surface area contributed by atoms with Crippen molar-refractivity contribution in [3.63, 3.8) is 0 Å². The number of hydrogen-bond donors (Lipinski definition) is 0. The molecule has 3 nitrogen and oxygen atoms in total. The number of hydrogen-bond acceptors (Lipinski definition) is 2. The van der Waals surface area contributed by atoms with Gasteiger partial charge in [-0.2, -0.15) is 5.10 Å². The zero-order chi connectivity index (χ0) is 8.10. The van der Waals surface area contributed by atoms with Gasteiger partial charge in [-0.05, 0) is 12.2 Å². The summed E-state index contributed by atoms with van der Waals surface area (Å²) in [7, 11) is 0. The van der Waals surface area contributed by atoms with E-state index in [0.717, 1.165) is 5.82 Å². The van der Waals surface area contributed by atoms with Gasteiger partial charge in [-0.25, -0.2) is 9.67 Å². The van der Waals surface area contributed by atoms with Crippen LogP contribution in [0.15, 0.2) is 31.6 Å². The van der Waals surface area contributed by atoms with Gasteiger partial charge in [0.25, 0.3) is 0 Å². The van der Waals surface area contributed by atoms with Gasteiger partial charge in [0.05, 0.1) is 0 Å². The Labute approximate surface area is 65.4 Å². The highest BCUT2D eigenvalue weighted by Gasteiger charge is 1.92. The molecule has 1 heterocycles. The van der Waals surface area contributed by atoms with Crippen molar-refractivity contribution < 1.29 is 0 Å². The van der Waals surface area contributed by atoms with Gasteiger partial charge in [0.1, 0.15) is 6.33 Å². The van der Waals surface area contributed by atoms with Crippen LogP contribution in [-0.4, -0.2) is 14.8 Å². The average molecular weight is 147 g/mol. The second-order valence-electron chi connectivity index (χ2n) is 1.84. The minimum absolute atomic E-state index is 0.725. The molecule has 0 N–H and O–H groups in total. The molecule has 0 saturated heterocycles. The highest BCUT2D eigenvalue weighted by atomic mass is 15.3. The summed E-state index contributed by atoms with van der Waals surface area (Å²) in [5, 5.41) is 3.92. The highest BCUT2D eigenvalue weighted by Crippen LogP contribution is 1.95. The third-order valence-electron chi connectivity index (χ3n) is 1.15. The van der Waals surface area contributed by atoms with Crippen LogP contribution in [0, 0.1) is 0 Å². The molecular weight excluding hydrogens is 138 g/mol. The Morgan fingerprint density at radius 1 is 1.45 bits per heavy atom. The monoisotopic (exact) mass is 147 g/mol. The van der Waals surface area contributed by atoms with Gasteiger partial charge in [-0.3, -0.25) is 0 Å². The fourth-order valence-electron chi connectivity index (χ4n) is 0.662. The Morgan fingerprint density at radius 2 is 2.27 bits per heavy atom. The predicted molar refractivity (Wildman–Crippen MR) is 45.6 cm³/mol. The summed E-state index contributed by atoms with van der Waals surface area (Å²) in [6.07, 6.45) is 8.33. The molecule has 1 rings (SSSR count). The Kier molecular flexibility index (Phi) is 2.38. The lowest BCUT2D eigenvalue weighted by atomic mass is 10.5. The van der Waals surface area contributed by atoms with E-state index < -0.39 is 0 Å². The Balaban J connectivity index is 2.92. The zero-order valence-electron chi connectivity index (χ0n) is 6.14. The van der Waals surface area contributed by atoms with Crippen molar-refractivity contribution in [1.82, 2.24) is 14.8 Å². The van der Waals surface area contributed by atoms with Crippen LogP contribution in [0.1, 0.15) is 5.82 Å². The topological polar surface area (TPSA) is 30.7 Å². The normalized spacial score (nSPS) is 10.2. The van der Waals surface area contributed by atoms with Crippen LogP contribution in [0.5, 0.6) is 0 Å². The second-order valence-corrected chi connectivity index (χ2v) is 1.84. The van der Waals surface area contributed by atoms with Gasteiger partial charge >= 0.3 is 0 Å². The number of aromatic nitrogens is 3. The van der Waals surface area contributed by atoms with E-state index in [0.29, 0.717) is 0 Å². The molecule has 1 aromatic heterocycles. The molecule has 3 heteroatoms. The lowest BCUT2D eigenvalue weighted by Gasteiger charge is -1.90. The minimum atomic E-state index is 0.725. The molecule has 0 aliphatic rings. The summed E-state index contributed by atoms with van der Waals surface area (Å²) < 4.78 is 1.62. The van der Waals surface area contributed by atoms with Gasteiger partial charge in [-0.1, -0.05) is 19.2 Å². The zero-order valence-corrected chi connectivity index (χ0v) is 6.14. The maximum absolute atomic E-state index is 3.94. The van der Waals surface area contributed by atoms with Gasteiger partial charge in [0.2, 0.25) is 0 Å². The molecule has 11 heavy (non-hydrogen) atoms. The molecule has 0 saturated carbocycles. The summed E-state index contributed by atoms with van der Waals surface area (Å²) in [4.78, 5) is 3.94. The summed E-state index contributed by atoms with van der Waals surface area (Å²) in [5.74, 6) is 0.725. The molecule has 56 valence electrons. The Morgan fingerprint density at radius 3 is 2.91 bits per heavy atom. The van der Waals surface area contributed by atoms with Crippen LogP contribution in [0.2, 0.25) is 0 Å². The van der Waals surface area contributed by atoms with Crippen molar-refractivity contribution in [1.29, 1.82) is 0 Å². The molecule has 0 aliphatic carbocycles. The van der Waals surface area contributed by atoms with Crippen LogP contribution in [0.25, 0.3) is 12.3 Å². The summed E-state index contributed by atoms with van der Waals surface area (Å²) in [6.45, 7) is 7.13. The van der Waals surface area contributed by atoms with Crippen LogP contribution in [-0.2, 0) is 0 Å². The quantitative estimate of drug-likeness (QED) is 0.607. The van der Waals surface area contributed by atoms with Crippen molar-refractivity contribution >= 4 is 12.3 Å². The first kappa shape index (κ1) is 7.47. The van der Waals surface area contributed by atoms with Crippen LogP contribution >= 0.6 is 0 Å². The third-order valence-corrected chi connectivity index (χ3v) is 1.15. The Bertz CT molecular complexity index is 283. The van der Waals surface area contributed by atoms with E-state index in [1.54, 1.807) is 29.1 Å². The van der Waals surface area contributed by atoms with E-state index in [-0.39, 0.29) is 0 Å². The van der Waals surface area contributed by atoms with Crippen molar-refractivity contribution in [3.05, 3.63) is 37.5 Å². The maximum Gasteiger partial charge on any atom is 0.154 e. The van der Waals surface area contributed by atoms with E-state index in [9.17, 15) is 0 Å². The second kappa shape index (κ2) is 3.51. The van der Waals surface area contributed by atoms with E-state index in [4.69, 9.17) is 0 Å². The molecule has 0 radical (unpaired) electrons. The first-order valence-corrected chi connectivity index (χ1v) is 3.19. The fraction of sp³-hybridized carbons (Fsp3) is 0. The first-order chi connectivity index (χ1) is 5.38. The standard InChI is InChI=1S/C8H9N3/c1-3-5-6-11-8(4-2)9-7-10-11/h3-7H,1-2H2/b6-5-. The maximum atomic E-state index is 3.94. The molecule has 0 atom stereocenters. The van der Waals surface area contributed by atoms with Crippen LogP contribution < -0.4 is 0 Å². The van der Waals surface area contributed by atoms with Crippen LogP contribution in [0.4, 0.5) is 0 Å². The molecule has 0 amide bonds. The van der Waals surface area contributed by atoms with E-state index in [1.807, 2.05) is 0 Å². The third kappa shape index (κ3) is 1.64. The van der Waals surface area contributed by atoms with E-state index >= 15 is 0 Å². The fourth-order valence-corrected chi connectivity index (χ4v) is 0.662. The molecule has 0 fully saturated rings. The van der Waals surface area contributed by atoms with Crippen molar-refractivity contribution in [3.8, 4) is 0 Å². The molecule has 0 aromatic carbocycles. The van der Waals surface area contributed by atoms with Gasteiger partial charge in [-0.15, -0.1) is 0 Å². The smallest absolute Gasteiger partial charge is 0.154 e. The lowest BCUT2D eigenvalue weighted by molar-refractivity contribution is 0.922. The van der Waals surface area contributed by atoms with Crippen molar-refractivity contribution in [2.45, 2.75) is 0 Å². The molecule has 0 unspecified atom stereocenters. The van der Waals surface area contributed by atoms with E-state index in [1.165, 1.54) is 6.33 Å². The number of rotatable bonds is 3. The summed E-state index contributed by atoms with van der Waals surface area (Å²) in [5.41, 5.74) is 0. The molecule has 0 aliphatic heterocycles. The molecule has 0 spiro atoms. The van der Waals surface area contributed by atoms with Crippen molar-refractivity contribution in [2.75, 3.05) is 0 Å². The van der Waals surface area contributed by atoms with Gasteiger partial charge in [0.15, 0.2) is 5.82 Å². The molecule has 1 aromatic rings. The van der Waals surface area contributed by atoms with Gasteiger partial charge < -0.3 is 0 Å². The number of allylic oxidation sites excluding steroid dienone is 2. The predicted octanol–water partition coefficient (Wildman–Crippen LogP) is 1.58. The van der Waals surface area contributed by atoms with Crippen molar-refractivity contribution in [2.24, 2.45) is 0 Å².